The summed E-state index contributed by atoms with van der Waals surface area (Å²) >= 11 is 0. The van der Waals surface area contributed by atoms with Gasteiger partial charge in [0.05, 0.1) is 17.1 Å². The molecule has 0 aromatic heterocycles. The van der Waals surface area contributed by atoms with Crippen LogP contribution in [0, 0.1) is 0 Å². The number of halogens is 4. The maximum Gasteiger partial charge on any atom is 0.573 e. The first-order chi connectivity index (χ1) is 12.0. The highest BCUT2D eigenvalue weighted by Crippen LogP contribution is 2.29. The van der Waals surface area contributed by atoms with Crippen LogP contribution in [0.5, 0.6) is 5.75 Å². The van der Waals surface area contributed by atoms with E-state index < -0.39 is 22.1 Å². The molecule has 7 nitrogen and oxygen atoms in total. The van der Waals surface area contributed by atoms with Gasteiger partial charge in [-0.05, 0) is 29.8 Å². The second-order valence-corrected chi connectivity index (χ2v) is 6.62. The van der Waals surface area contributed by atoms with Crippen molar-refractivity contribution < 1.29 is 26.3 Å². The molecule has 0 radical (unpaired) electrons. The predicted octanol–water partition coefficient (Wildman–Crippen LogP) is 2.78. The Morgan fingerprint density at radius 3 is 2.44 bits per heavy atom. The number of guanidine groups is 1. The molecular formula is C15H16F3IN4O3S. The smallest absolute Gasteiger partial charge is 0.404 e. The van der Waals surface area contributed by atoms with Crippen molar-refractivity contribution in [2.24, 2.45) is 15.9 Å². The van der Waals surface area contributed by atoms with Crippen LogP contribution in [-0.2, 0) is 16.6 Å². The van der Waals surface area contributed by atoms with Crippen molar-refractivity contribution in [2.75, 3.05) is 5.32 Å². The summed E-state index contributed by atoms with van der Waals surface area (Å²) in [7, 11) is -3.85. The molecule has 0 aliphatic heterocycles. The summed E-state index contributed by atoms with van der Waals surface area (Å²) < 4.78 is 63.7. The standard InChI is InChI=1S/C15H15F3N4O3S.HI/c16-15(17,18)25-13-7-2-1-6-12(13)22-14(19)21-9-10-4-3-5-11(8-10)26(20,23)24;/h1-8H,9H2,(H3,19,21,22)(H2,20,23,24);1H. The van der Waals surface area contributed by atoms with E-state index in [4.69, 9.17) is 10.9 Å². The van der Waals surface area contributed by atoms with E-state index in [2.05, 4.69) is 15.0 Å². The largest absolute Gasteiger partial charge is 0.573 e. The summed E-state index contributed by atoms with van der Waals surface area (Å²) in [4.78, 5) is 3.88. The minimum atomic E-state index is -4.85. The third kappa shape index (κ3) is 7.60. The Bertz CT molecular complexity index is 921. The third-order valence-corrected chi connectivity index (χ3v) is 3.95. The molecule has 0 saturated carbocycles. The van der Waals surface area contributed by atoms with Gasteiger partial charge in [0.15, 0.2) is 11.7 Å². The topological polar surface area (TPSA) is 120 Å². The van der Waals surface area contributed by atoms with Gasteiger partial charge in [0.2, 0.25) is 10.0 Å². The first kappa shape index (κ1) is 23.0. The van der Waals surface area contributed by atoms with Gasteiger partial charge in [-0.1, -0.05) is 24.3 Å². The van der Waals surface area contributed by atoms with E-state index in [1.165, 1.54) is 36.4 Å². The number of nitrogens with two attached hydrogens (primary N) is 2. The molecule has 0 amide bonds. The lowest BCUT2D eigenvalue weighted by atomic mass is 10.2. The summed E-state index contributed by atoms with van der Waals surface area (Å²) in [6.07, 6.45) is -4.85. The number of hydrogen-bond donors (Lipinski definition) is 3. The molecule has 0 fully saturated rings. The van der Waals surface area contributed by atoms with Gasteiger partial charge in [0, 0.05) is 0 Å². The van der Waals surface area contributed by atoms with Crippen LogP contribution in [0.15, 0.2) is 58.4 Å². The highest BCUT2D eigenvalue weighted by Gasteiger charge is 2.32. The number of hydrogen-bond acceptors (Lipinski definition) is 4. The lowest BCUT2D eigenvalue weighted by Gasteiger charge is -2.14. The summed E-state index contributed by atoms with van der Waals surface area (Å²) in [5.41, 5.74) is 6.15. The van der Waals surface area contributed by atoms with Gasteiger partial charge in [0.25, 0.3) is 0 Å². The summed E-state index contributed by atoms with van der Waals surface area (Å²) in [5, 5.41) is 7.55. The fraction of sp³-hybridized carbons (Fsp3) is 0.133. The van der Waals surface area contributed by atoms with Crippen molar-refractivity contribution in [1.29, 1.82) is 0 Å². The summed E-state index contributed by atoms with van der Waals surface area (Å²) in [6.45, 7) is -0.00944. The number of anilines is 1. The molecule has 148 valence electrons. The maximum absolute atomic E-state index is 12.4. The van der Waals surface area contributed by atoms with Crippen LogP contribution in [-0.4, -0.2) is 20.7 Å². The Balaban J connectivity index is 0.00000364. The number of primary sulfonamides is 1. The molecule has 5 N–H and O–H groups in total. The second-order valence-electron chi connectivity index (χ2n) is 5.06. The van der Waals surface area contributed by atoms with Gasteiger partial charge in [0.1, 0.15) is 0 Å². The number of aliphatic imine (C=N–C) groups is 1. The SMILES string of the molecule is I.NC(=NCc1cccc(S(N)(=O)=O)c1)Nc1ccccc1OC(F)(F)F. The molecule has 0 aliphatic carbocycles. The number of sulfonamides is 1. The number of para-hydroxylation sites is 2. The van der Waals surface area contributed by atoms with Gasteiger partial charge in [-0.3, -0.25) is 0 Å². The average Bonchev–Trinajstić information content (AvgIpc) is 2.53. The van der Waals surface area contributed by atoms with E-state index in [0.29, 0.717) is 5.56 Å². The zero-order valence-corrected chi connectivity index (χ0v) is 16.7. The molecule has 0 saturated heterocycles. The third-order valence-electron chi connectivity index (χ3n) is 3.03. The number of benzene rings is 2. The monoisotopic (exact) mass is 516 g/mol. The van der Waals surface area contributed by atoms with Gasteiger partial charge in [-0.25, -0.2) is 18.5 Å². The van der Waals surface area contributed by atoms with Crippen LogP contribution in [0.3, 0.4) is 0 Å². The first-order valence-corrected chi connectivity index (χ1v) is 8.63. The minimum absolute atomic E-state index is 0. The Morgan fingerprint density at radius 1 is 1.15 bits per heavy atom. The van der Waals surface area contributed by atoms with Crippen molar-refractivity contribution in [1.82, 2.24) is 0 Å². The number of nitrogens with zero attached hydrogens (tertiary/aromatic N) is 1. The van der Waals surface area contributed by atoms with Crippen LogP contribution < -0.4 is 20.9 Å². The zero-order valence-electron chi connectivity index (χ0n) is 13.6. The Hall–Kier alpha value is -2.06. The predicted molar refractivity (Wildman–Crippen MR) is 105 cm³/mol. The Morgan fingerprint density at radius 2 is 1.81 bits per heavy atom. The van der Waals surface area contributed by atoms with Crippen molar-refractivity contribution in [3.05, 3.63) is 54.1 Å². The molecule has 2 aromatic carbocycles. The van der Waals surface area contributed by atoms with Crippen LogP contribution in [0.25, 0.3) is 0 Å². The molecule has 2 rings (SSSR count). The van der Waals surface area contributed by atoms with E-state index >= 15 is 0 Å². The first-order valence-electron chi connectivity index (χ1n) is 7.08. The number of alkyl halides is 3. The number of rotatable bonds is 5. The molecule has 2 aromatic rings. The zero-order chi connectivity index (χ0) is 19.4. The quantitative estimate of drug-likeness (QED) is 0.321. The molecule has 0 unspecified atom stereocenters. The van der Waals surface area contributed by atoms with E-state index in [0.717, 1.165) is 6.07 Å². The highest BCUT2D eigenvalue weighted by molar-refractivity contribution is 14.0. The minimum Gasteiger partial charge on any atom is -0.404 e. The lowest BCUT2D eigenvalue weighted by molar-refractivity contribution is -0.274. The fourth-order valence-electron chi connectivity index (χ4n) is 1.96. The molecule has 0 atom stereocenters. The van der Waals surface area contributed by atoms with E-state index in [1.807, 2.05) is 0 Å². The summed E-state index contributed by atoms with van der Waals surface area (Å²) in [6, 6.07) is 11.1. The maximum atomic E-state index is 12.4. The van der Waals surface area contributed by atoms with Crippen LogP contribution in [0.1, 0.15) is 5.56 Å². The molecule has 0 aliphatic rings. The molecular weight excluding hydrogens is 500 g/mol. The fourth-order valence-corrected chi connectivity index (χ4v) is 2.54. The van der Waals surface area contributed by atoms with Crippen LogP contribution in [0.4, 0.5) is 18.9 Å². The van der Waals surface area contributed by atoms with E-state index in [1.54, 1.807) is 6.07 Å². The average molecular weight is 516 g/mol. The lowest BCUT2D eigenvalue weighted by Crippen LogP contribution is -2.24. The van der Waals surface area contributed by atoms with Gasteiger partial charge < -0.3 is 15.8 Å². The second kappa shape index (κ2) is 9.23. The van der Waals surface area contributed by atoms with Crippen molar-refractivity contribution >= 4 is 45.6 Å². The van der Waals surface area contributed by atoms with Crippen molar-refractivity contribution in [2.45, 2.75) is 17.8 Å². The van der Waals surface area contributed by atoms with E-state index in [9.17, 15) is 21.6 Å². The number of nitrogens with one attached hydrogen (secondary N) is 1. The normalized spacial score (nSPS) is 12.2. The van der Waals surface area contributed by atoms with Gasteiger partial charge in [-0.15, -0.1) is 37.1 Å². The van der Waals surface area contributed by atoms with Gasteiger partial charge in [-0.2, -0.15) is 0 Å². The molecule has 27 heavy (non-hydrogen) atoms. The molecule has 0 bridgehead atoms. The van der Waals surface area contributed by atoms with Crippen molar-refractivity contribution in [3.63, 3.8) is 0 Å². The highest BCUT2D eigenvalue weighted by atomic mass is 127. The van der Waals surface area contributed by atoms with Crippen LogP contribution >= 0.6 is 24.0 Å². The van der Waals surface area contributed by atoms with Gasteiger partial charge >= 0.3 is 6.36 Å². The Kier molecular flexibility index (Phi) is 7.86. The molecule has 0 spiro atoms. The number of ether oxygens (including phenoxy) is 1. The summed E-state index contributed by atoms with van der Waals surface area (Å²) in [5.74, 6) is -0.640. The van der Waals surface area contributed by atoms with Crippen molar-refractivity contribution in [3.8, 4) is 5.75 Å². The van der Waals surface area contributed by atoms with E-state index in [-0.39, 0.29) is 47.1 Å². The van der Waals surface area contributed by atoms with Crippen LogP contribution in [0.2, 0.25) is 0 Å². The molecule has 12 heteroatoms. The Labute approximate surface area is 170 Å². The molecule has 0 heterocycles.